The lowest BCUT2D eigenvalue weighted by Crippen LogP contribution is -1.88. The van der Waals surface area contributed by atoms with E-state index in [9.17, 15) is 0 Å². The minimum atomic E-state index is 0.817. The van der Waals surface area contributed by atoms with E-state index in [0.717, 1.165) is 6.42 Å². The summed E-state index contributed by atoms with van der Waals surface area (Å²) in [4.78, 5) is 0. The Bertz CT molecular complexity index is 204. The van der Waals surface area contributed by atoms with Crippen LogP contribution in [0.3, 0.4) is 0 Å². The maximum Gasteiger partial charge on any atom is 0.0284 e. The Morgan fingerprint density at radius 1 is 1.30 bits per heavy atom. The van der Waals surface area contributed by atoms with E-state index in [4.69, 9.17) is 5.84 Å². The van der Waals surface area contributed by atoms with Crippen molar-refractivity contribution in [3.63, 3.8) is 0 Å². The Kier molecular flexibility index (Phi) is 2.49. The van der Waals surface area contributed by atoms with Gasteiger partial charge in [0.25, 0.3) is 0 Å². The van der Waals surface area contributed by atoms with Crippen molar-refractivity contribution in [2.75, 3.05) is 0 Å². The fraction of sp³-hybridized carbons (Fsp3) is 0.125. The molecule has 2 N–H and O–H groups in total. The Balaban J connectivity index is 2.59. The van der Waals surface area contributed by atoms with Gasteiger partial charge in [-0.3, -0.25) is 0 Å². The summed E-state index contributed by atoms with van der Waals surface area (Å²) < 4.78 is 0. The zero-order chi connectivity index (χ0) is 7.23. The summed E-state index contributed by atoms with van der Waals surface area (Å²) in [6.07, 6.45) is 2.51. The van der Waals surface area contributed by atoms with E-state index in [1.54, 1.807) is 6.21 Å². The van der Waals surface area contributed by atoms with Gasteiger partial charge >= 0.3 is 0 Å². The number of nitrogens with zero attached hydrogens (tertiary/aromatic N) is 1. The van der Waals surface area contributed by atoms with Crippen LogP contribution >= 0.6 is 0 Å². The molecule has 0 aliphatic carbocycles. The first-order valence-electron chi connectivity index (χ1n) is 3.19. The molecule has 0 bridgehead atoms. The molecule has 0 aliphatic heterocycles. The van der Waals surface area contributed by atoms with Gasteiger partial charge in [0.15, 0.2) is 0 Å². The van der Waals surface area contributed by atoms with Crippen LogP contribution in [0.5, 0.6) is 0 Å². The van der Waals surface area contributed by atoms with Crippen LogP contribution in [0.2, 0.25) is 0 Å². The molecule has 0 unspecified atom stereocenters. The highest BCUT2D eigenvalue weighted by Crippen LogP contribution is 1.96. The average molecular weight is 134 g/mol. The van der Waals surface area contributed by atoms with E-state index in [-0.39, 0.29) is 0 Å². The van der Waals surface area contributed by atoms with Crippen LogP contribution in [0.25, 0.3) is 0 Å². The number of hydrogen-bond acceptors (Lipinski definition) is 2. The molecule has 0 aromatic heterocycles. The topological polar surface area (TPSA) is 38.4 Å². The highest BCUT2D eigenvalue weighted by atomic mass is 15.1. The second-order valence-electron chi connectivity index (χ2n) is 2.02. The van der Waals surface area contributed by atoms with Crippen molar-refractivity contribution in [1.82, 2.24) is 0 Å². The summed E-state index contributed by atoms with van der Waals surface area (Å²) in [6.45, 7) is 0. The molecule has 1 aromatic rings. The molecular formula is C8H10N2. The first-order chi connectivity index (χ1) is 4.93. The minimum absolute atomic E-state index is 0.817. The quantitative estimate of drug-likeness (QED) is 0.368. The molecule has 10 heavy (non-hydrogen) atoms. The van der Waals surface area contributed by atoms with Crippen LogP contribution in [-0.2, 0) is 6.42 Å². The van der Waals surface area contributed by atoms with E-state index >= 15 is 0 Å². The van der Waals surface area contributed by atoms with Crippen LogP contribution < -0.4 is 5.84 Å². The van der Waals surface area contributed by atoms with Gasteiger partial charge in [0.05, 0.1) is 0 Å². The van der Waals surface area contributed by atoms with Gasteiger partial charge in [-0.05, 0) is 5.56 Å². The fourth-order valence-electron chi connectivity index (χ4n) is 0.772. The molecule has 0 fully saturated rings. The summed E-state index contributed by atoms with van der Waals surface area (Å²) in [6, 6.07) is 10.1. The summed E-state index contributed by atoms with van der Waals surface area (Å²) >= 11 is 0. The highest BCUT2D eigenvalue weighted by molar-refractivity contribution is 5.60. The van der Waals surface area contributed by atoms with Gasteiger partial charge in [-0.2, -0.15) is 5.10 Å². The molecule has 0 amide bonds. The third kappa shape index (κ3) is 1.90. The zero-order valence-electron chi connectivity index (χ0n) is 5.70. The van der Waals surface area contributed by atoms with E-state index in [1.807, 2.05) is 30.3 Å². The lowest BCUT2D eigenvalue weighted by atomic mass is 10.2. The number of benzene rings is 1. The van der Waals surface area contributed by atoms with Crippen molar-refractivity contribution < 1.29 is 0 Å². The average Bonchev–Trinajstić information content (AvgIpc) is 2.03. The molecule has 0 saturated heterocycles. The molecule has 2 nitrogen and oxygen atoms in total. The van der Waals surface area contributed by atoms with Gasteiger partial charge in [0, 0.05) is 12.6 Å². The smallest absolute Gasteiger partial charge is 0.0284 e. The van der Waals surface area contributed by atoms with E-state index < -0.39 is 0 Å². The molecule has 52 valence electrons. The fourth-order valence-corrected chi connectivity index (χ4v) is 0.772. The minimum Gasteiger partial charge on any atom is -0.324 e. The molecule has 0 atom stereocenters. The van der Waals surface area contributed by atoms with Crippen molar-refractivity contribution in [2.24, 2.45) is 10.9 Å². The Morgan fingerprint density at radius 3 is 2.60 bits per heavy atom. The lowest BCUT2D eigenvalue weighted by molar-refractivity contribution is 1.23. The molecule has 2 heteroatoms. The summed E-state index contributed by atoms with van der Waals surface area (Å²) in [7, 11) is 0. The van der Waals surface area contributed by atoms with Crippen LogP contribution in [0.1, 0.15) is 5.56 Å². The van der Waals surface area contributed by atoms with Crippen LogP contribution in [-0.4, -0.2) is 6.21 Å². The second-order valence-corrected chi connectivity index (χ2v) is 2.02. The summed E-state index contributed by atoms with van der Waals surface area (Å²) in [5.41, 5.74) is 1.23. The van der Waals surface area contributed by atoms with Crippen molar-refractivity contribution in [3.8, 4) is 0 Å². The van der Waals surface area contributed by atoms with Gasteiger partial charge in [0.2, 0.25) is 0 Å². The van der Waals surface area contributed by atoms with Crippen LogP contribution in [0, 0.1) is 0 Å². The van der Waals surface area contributed by atoms with E-state index in [2.05, 4.69) is 5.10 Å². The molecule has 0 radical (unpaired) electrons. The van der Waals surface area contributed by atoms with Gasteiger partial charge in [0.1, 0.15) is 0 Å². The molecule has 0 saturated carbocycles. The van der Waals surface area contributed by atoms with Crippen LogP contribution in [0.4, 0.5) is 0 Å². The first kappa shape index (κ1) is 6.81. The standard InChI is InChI=1S/C8H10N2/c9-10-7-6-8-4-2-1-3-5-8/h1-5,7H,6,9H2/b10-7+. The van der Waals surface area contributed by atoms with Crippen LogP contribution in [0.15, 0.2) is 35.4 Å². The van der Waals surface area contributed by atoms with Gasteiger partial charge in [-0.25, -0.2) is 0 Å². The van der Waals surface area contributed by atoms with Crippen molar-refractivity contribution in [1.29, 1.82) is 0 Å². The predicted molar refractivity (Wildman–Crippen MR) is 42.8 cm³/mol. The monoisotopic (exact) mass is 134 g/mol. The molecular weight excluding hydrogens is 124 g/mol. The Labute approximate surface area is 60.4 Å². The first-order valence-corrected chi connectivity index (χ1v) is 3.19. The largest absolute Gasteiger partial charge is 0.324 e. The lowest BCUT2D eigenvalue weighted by Gasteiger charge is -1.91. The SMILES string of the molecule is N/N=C/Cc1ccccc1. The summed E-state index contributed by atoms with van der Waals surface area (Å²) in [5.74, 6) is 4.95. The maximum atomic E-state index is 4.95. The van der Waals surface area contributed by atoms with Gasteiger partial charge in [-0.1, -0.05) is 30.3 Å². The van der Waals surface area contributed by atoms with Gasteiger partial charge in [-0.15, -0.1) is 0 Å². The second kappa shape index (κ2) is 3.67. The normalized spacial score (nSPS) is 10.4. The molecule has 0 aliphatic rings. The predicted octanol–water partition coefficient (Wildman–Crippen LogP) is 1.17. The molecule has 0 heterocycles. The third-order valence-electron chi connectivity index (χ3n) is 1.28. The highest BCUT2D eigenvalue weighted by Gasteiger charge is 1.84. The molecule has 0 spiro atoms. The summed E-state index contributed by atoms with van der Waals surface area (Å²) in [5, 5.41) is 3.41. The van der Waals surface area contributed by atoms with Crippen molar-refractivity contribution >= 4 is 6.21 Å². The maximum absolute atomic E-state index is 4.95. The Morgan fingerprint density at radius 2 is 2.00 bits per heavy atom. The van der Waals surface area contributed by atoms with E-state index in [1.165, 1.54) is 5.56 Å². The number of nitrogens with two attached hydrogens (primary N) is 1. The van der Waals surface area contributed by atoms with Gasteiger partial charge < -0.3 is 5.84 Å². The third-order valence-corrected chi connectivity index (χ3v) is 1.28. The number of rotatable bonds is 2. The van der Waals surface area contributed by atoms with Crippen molar-refractivity contribution in [3.05, 3.63) is 35.9 Å². The number of hydrazone groups is 1. The molecule has 1 aromatic carbocycles. The van der Waals surface area contributed by atoms with E-state index in [0.29, 0.717) is 0 Å². The zero-order valence-corrected chi connectivity index (χ0v) is 5.70. The number of hydrogen-bond donors (Lipinski definition) is 1. The Hall–Kier alpha value is -1.31. The molecule has 1 rings (SSSR count). The van der Waals surface area contributed by atoms with Crippen molar-refractivity contribution in [2.45, 2.75) is 6.42 Å².